The number of Topliss-reactive ketones (excluding diaryl/α,β-unsaturated/α-hetero) is 1. The summed E-state index contributed by atoms with van der Waals surface area (Å²) in [6.45, 7) is 1.10. The molecule has 2 nitrogen and oxygen atoms in total. The SMILES string of the molecule is O=C(c1cccc(F)c1F)C1CNC1. The second kappa shape index (κ2) is 3.46. The van der Waals surface area contributed by atoms with E-state index in [1.165, 1.54) is 12.1 Å². The first-order valence-electron chi connectivity index (χ1n) is 4.39. The summed E-state index contributed by atoms with van der Waals surface area (Å²) in [5.41, 5.74) is -0.142. The molecule has 0 spiro atoms. The van der Waals surface area contributed by atoms with Crippen molar-refractivity contribution in [2.75, 3.05) is 13.1 Å². The molecule has 1 aromatic carbocycles. The first kappa shape index (κ1) is 9.27. The van der Waals surface area contributed by atoms with Crippen LogP contribution in [0, 0.1) is 17.6 Å². The molecule has 1 aliphatic rings. The summed E-state index contributed by atoms with van der Waals surface area (Å²) in [5.74, 6) is -2.53. The van der Waals surface area contributed by atoms with E-state index in [0.29, 0.717) is 13.1 Å². The van der Waals surface area contributed by atoms with Gasteiger partial charge in [-0.3, -0.25) is 4.79 Å². The van der Waals surface area contributed by atoms with Crippen molar-refractivity contribution in [2.45, 2.75) is 0 Å². The number of nitrogens with one attached hydrogen (secondary N) is 1. The Balaban J connectivity index is 2.31. The second-order valence-electron chi connectivity index (χ2n) is 3.32. The van der Waals surface area contributed by atoms with Crippen LogP contribution in [0.4, 0.5) is 8.78 Å². The lowest BCUT2D eigenvalue weighted by Crippen LogP contribution is -2.46. The zero-order chi connectivity index (χ0) is 10.1. The summed E-state index contributed by atoms with van der Waals surface area (Å²) >= 11 is 0. The van der Waals surface area contributed by atoms with Gasteiger partial charge in [-0.15, -0.1) is 0 Å². The van der Waals surface area contributed by atoms with Crippen LogP contribution in [0.25, 0.3) is 0 Å². The third-order valence-electron chi connectivity index (χ3n) is 2.37. The molecule has 0 aliphatic carbocycles. The topological polar surface area (TPSA) is 29.1 Å². The highest BCUT2D eigenvalue weighted by atomic mass is 19.2. The minimum Gasteiger partial charge on any atom is -0.315 e. The van der Waals surface area contributed by atoms with E-state index in [0.717, 1.165) is 6.07 Å². The third-order valence-corrected chi connectivity index (χ3v) is 2.37. The Kier molecular flexibility index (Phi) is 2.29. The van der Waals surface area contributed by atoms with Crippen LogP contribution in [-0.4, -0.2) is 18.9 Å². The highest BCUT2D eigenvalue weighted by Gasteiger charge is 2.28. The summed E-state index contributed by atoms with van der Waals surface area (Å²) in [6, 6.07) is 3.67. The number of carbonyl (C=O) groups is 1. The van der Waals surface area contributed by atoms with Crippen LogP contribution in [0.1, 0.15) is 10.4 Å². The Labute approximate surface area is 79.9 Å². The highest BCUT2D eigenvalue weighted by molar-refractivity contribution is 5.98. The number of hydrogen-bond donors (Lipinski definition) is 1. The number of halogens is 2. The van der Waals surface area contributed by atoms with Crippen LogP contribution in [-0.2, 0) is 0 Å². The van der Waals surface area contributed by atoms with Gasteiger partial charge in [0.05, 0.1) is 5.56 Å². The number of rotatable bonds is 2. The highest BCUT2D eigenvalue weighted by Crippen LogP contribution is 2.17. The molecule has 0 bridgehead atoms. The Morgan fingerprint density at radius 2 is 2.07 bits per heavy atom. The van der Waals surface area contributed by atoms with Gasteiger partial charge in [-0.2, -0.15) is 0 Å². The molecule has 1 aromatic rings. The van der Waals surface area contributed by atoms with Crippen LogP contribution < -0.4 is 5.32 Å². The number of carbonyl (C=O) groups excluding carboxylic acids is 1. The van der Waals surface area contributed by atoms with E-state index < -0.39 is 11.6 Å². The van der Waals surface area contributed by atoms with E-state index >= 15 is 0 Å². The maximum Gasteiger partial charge on any atom is 0.171 e. The number of ketones is 1. The molecule has 0 unspecified atom stereocenters. The fourth-order valence-electron chi connectivity index (χ4n) is 1.39. The average molecular weight is 197 g/mol. The molecule has 14 heavy (non-hydrogen) atoms. The quantitative estimate of drug-likeness (QED) is 0.725. The largest absolute Gasteiger partial charge is 0.315 e. The zero-order valence-electron chi connectivity index (χ0n) is 7.39. The molecule has 1 heterocycles. The first-order chi connectivity index (χ1) is 6.70. The number of hydrogen-bond acceptors (Lipinski definition) is 2. The van der Waals surface area contributed by atoms with Gasteiger partial charge >= 0.3 is 0 Å². The zero-order valence-corrected chi connectivity index (χ0v) is 7.39. The normalized spacial score (nSPS) is 16.4. The molecule has 1 N–H and O–H groups in total. The van der Waals surface area contributed by atoms with E-state index in [-0.39, 0.29) is 17.3 Å². The maximum absolute atomic E-state index is 13.2. The van der Waals surface area contributed by atoms with Crippen molar-refractivity contribution in [3.8, 4) is 0 Å². The summed E-state index contributed by atoms with van der Waals surface area (Å²) < 4.78 is 25.9. The van der Waals surface area contributed by atoms with Crippen molar-refractivity contribution in [1.29, 1.82) is 0 Å². The fraction of sp³-hybridized carbons (Fsp3) is 0.300. The Morgan fingerprint density at radius 1 is 1.36 bits per heavy atom. The molecule has 0 aromatic heterocycles. The standard InChI is InChI=1S/C10H9F2NO/c11-8-3-1-2-7(9(8)12)10(14)6-4-13-5-6/h1-3,6,13H,4-5H2. The Hall–Kier alpha value is -1.29. The molecular formula is C10H9F2NO. The van der Waals surface area contributed by atoms with E-state index in [1.807, 2.05) is 0 Å². The van der Waals surface area contributed by atoms with Gasteiger partial charge in [-0.05, 0) is 12.1 Å². The molecule has 0 saturated carbocycles. The summed E-state index contributed by atoms with van der Waals surface area (Å²) in [7, 11) is 0. The molecule has 0 atom stereocenters. The first-order valence-corrected chi connectivity index (χ1v) is 4.39. The van der Waals surface area contributed by atoms with Crippen molar-refractivity contribution >= 4 is 5.78 Å². The van der Waals surface area contributed by atoms with Crippen molar-refractivity contribution in [3.05, 3.63) is 35.4 Å². The van der Waals surface area contributed by atoms with Gasteiger partial charge in [0.1, 0.15) is 0 Å². The minimum atomic E-state index is -1.04. The lowest BCUT2D eigenvalue weighted by Gasteiger charge is -2.25. The van der Waals surface area contributed by atoms with Gasteiger partial charge < -0.3 is 5.32 Å². The van der Waals surface area contributed by atoms with Crippen molar-refractivity contribution in [2.24, 2.45) is 5.92 Å². The number of benzene rings is 1. The van der Waals surface area contributed by atoms with Gasteiger partial charge in [0, 0.05) is 19.0 Å². The van der Waals surface area contributed by atoms with Crippen LogP contribution in [0.3, 0.4) is 0 Å². The molecule has 74 valence electrons. The Bertz CT molecular complexity index is 374. The van der Waals surface area contributed by atoms with Crippen LogP contribution in [0.5, 0.6) is 0 Å². The average Bonchev–Trinajstić information content (AvgIpc) is 2.06. The Morgan fingerprint density at radius 3 is 2.64 bits per heavy atom. The van der Waals surface area contributed by atoms with Crippen LogP contribution in [0.15, 0.2) is 18.2 Å². The van der Waals surface area contributed by atoms with Crippen molar-refractivity contribution < 1.29 is 13.6 Å². The summed E-state index contributed by atoms with van der Waals surface area (Å²) in [6.07, 6.45) is 0. The van der Waals surface area contributed by atoms with Gasteiger partial charge in [0.2, 0.25) is 0 Å². The van der Waals surface area contributed by atoms with Crippen LogP contribution >= 0.6 is 0 Å². The molecule has 1 saturated heterocycles. The maximum atomic E-state index is 13.2. The van der Waals surface area contributed by atoms with Gasteiger partial charge in [-0.1, -0.05) is 6.07 Å². The van der Waals surface area contributed by atoms with Crippen molar-refractivity contribution in [1.82, 2.24) is 5.32 Å². The molecule has 4 heteroatoms. The van der Waals surface area contributed by atoms with Gasteiger partial charge in [0.25, 0.3) is 0 Å². The molecule has 0 amide bonds. The lowest BCUT2D eigenvalue weighted by molar-refractivity contribution is 0.0873. The van der Waals surface area contributed by atoms with E-state index in [2.05, 4.69) is 5.32 Å². The van der Waals surface area contributed by atoms with E-state index in [4.69, 9.17) is 0 Å². The van der Waals surface area contributed by atoms with E-state index in [1.54, 1.807) is 0 Å². The molecular weight excluding hydrogens is 188 g/mol. The predicted molar refractivity (Wildman–Crippen MR) is 47.0 cm³/mol. The molecule has 1 fully saturated rings. The summed E-state index contributed by atoms with van der Waals surface area (Å²) in [5, 5.41) is 2.91. The monoisotopic (exact) mass is 197 g/mol. The predicted octanol–water partition coefficient (Wildman–Crippen LogP) is 1.37. The van der Waals surface area contributed by atoms with Gasteiger partial charge in [-0.25, -0.2) is 8.78 Å². The van der Waals surface area contributed by atoms with Crippen LogP contribution in [0.2, 0.25) is 0 Å². The fourth-order valence-corrected chi connectivity index (χ4v) is 1.39. The molecule has 0 radical (unpaired) electrons. The molecule has 1 aliphatic heterocycles. The molecule has 2 rings (SSSR count). The van der Waals surface area contributed by atoms with Crippen molar-refractivity contribution in [3.63, 3.8) is 0 Å². The summed E-state index contributed by atoms with van der Waals surface area (Å²) in [4.78, 5) is 11.6. The smallest absolute Gasteiger partial charge is 0.171 e. The lowest BCUT2D eigenvalue weighted by atomic mass is 9.92. The second-order valence-corrected chi connectivity index (χ2v) is 3.32. The third kappa shape index (κ3) is 1.42. The van der Waals surface area contributed by atoms with E-state index in [9.17, 15) is 13.6 Å². The van der Waals surface area contributed by atoms with Gasteiger partial charge in [0.15, 0.2) is 17.4 Å². The minimum absolute atomic E-state index is 0.142.